The number of hydrogen-bond acceptors (Lipinski definition) is 3. The van der Waals surface area contributed by atoms with Gasteiger partial charge < -0.3 is 15.8 Å². The van der Waals surface area contributed by atoms with Crippen molar-refractivity contribution in [3.05, 3.63) is 35.9 Å². The molecule has 0 bridgehead atoms. The van der Waals surface area contributed by atoms with Gasteiger partial charge >= 0.3 is 0 Å². The minimum absolute atomic E-state index is 0.0351. The fourth-order valence-electron chi connectivity index (χ4n) is 2.96. The monoisotopic (exact) mass is 275 g/mol. The average Bonchev–Trinajstić information content (AvgIpc) is 2.94. The third kappa shape index (κ3) is 3.51. The first-order valence-electron chi connectivity index (χ1n) is 7.36. The third-order valence-corrected chi connectivity index (χ3v) is 4.37. The van der Waals surface area contributed by atoms with E-state index in [9.17, 15) is 0 Å². The zero-order valence-corrected chi connectivity index (χ0v) is 12.4. The van der Waals surface area contributed by atoms with Crippen LogP contribution in [0.4, 0.5) is 0 Å². The summed E-state index contributed by atoms with van der Waals surface area (Å²) >= 11 is 0. The Hall–Kier alpha value is -1.55. The topological polar surface area (TPSA) is 61.8 Å². The number of hydrogen-bond donors (Lipinski definition) is 2. The van der Waals surface area contributed by atoms with Crippen LogP contribution in [-0.2, 0) is 0 Å². The molecular formula is C16H25N3O. The summed E-state index contributed by atoms with van der Waals surface area (Å²) in [6.45, 7) is 7.60. The predicted octanol–water partition coefficient (Wildman–Crippen LogP) is 2.49. The van der Waals surface area contributed by atoms with E-state index >= 15 is 0 Å². The highest BCUT2D eigenvalue weighted by atomic mass is 16.4. The van der Waals surface area contributed by atoms with Crippen molar-refractivity contribution in [2.24, 2.45) is 22.7 Å². The van der Waals surface area contributed by atoms with Gasteiger partial charge in [-0.3, -0.25) is 0 Å². The van der Waals surface area contributed by atoms with Gasteiger partial charge in [0.1, 0.15) is 5.84 Å². The summed E-state index contributed by atoms with van der Waals surface area (Å²) in [5.74, 6) is 1.74. The highest BCUT2D eigenvalue weighted by Gasteiger charge is 2.28. The standard InChI is InChI=1S/C16H25N3O/c1-12(2)14-8-9-19(10-14)11-15(16(17)18-20)13-6-4-3-5-7-13/h3-7,12,14-15,20H,8-11H2,1-2H3,(H2,17,18). The van der Waals surface area contributed by atoms with E-state index in [1.54, 1.807) is 0 Å². The van der Waals surface area contributed by atoms with Crippen molar-refractivity contribution in [1.29, 1.82) is 0 Å². The van der Waals surface area contributed by atoms with E-state index in [-0.39, 0.29) is 5.92 Å². The predicted molar refractivity (Wildman–Crippen MR) is 82.0 cm³/mol. The lowest BCUT2D eigenvalue weighted by atomic mass is 9.95. The molecule has 0 saturated carbocycles. The minimum Gasteiger partial charge on any atom is -0.409 e. The quantitative estimate of drug-likeness (QED) is 0.375. The first kappa shape index (κ1) is 14.9. The molecule has 1 aromatic rings. The van der Waals surface area contributed by atoms with Crippen molar-refractivity contribution in [1.82, 2.24) is 4.90 Å². The number of rotatable bonds is 5. The van der Waals surface area contributed by atoms with Crippen LogP contribution in [-0.4, -0.2) is 35.6 Å². The highest BCUT2D eigenvalue weighted by molar-refractivity contribution is 5.87. The van der Waals surface area contributed by atoms with Crippen LogP contribution >= 0.6 is 0 Å². The number of benzene rings is 1. The van der Waals surface area contributed by atoms with Crippen LogP contribution in [0.25, 0.3) is 0 Å². The van der Waals surface area contributed by atoms with Gasteiger partial charge in [0.15, 0.2) is 0 Å². The average molecular weight is 275 g/mol. The minimum atomic E-state index is -0.0351. The molecule has 1 aliphatic rings. The van der Waals surface area contributed by atoms with Gasteiger partial charge in [-0.05, 0) is 30.4 Å². The van der Waals surface area contributed by atoms with Crippen LogP contribution < -0.4 is 5.73 Å². The van der Waals surface area contributed by atoms with Crippen LogP contribution in [0.3, 0.4) is 0 Å². The van der Waals surface area contributed by atoms with Crippen LogP contribution in [0.2, 0.25) is 0 Å². The first-order valence-corrected chi connectivity index (χ1v) is 7.36. The molecule has 20 heavy (non-hydrogen) atoms. The fraction of sp³-hybridized carbons (Fsp3) is 0.562. The Morgan fingerprint density at radius 3 is 2.65 bits per heavy atom. The molecule has 0 aliphatic carbocycles. The van der Waals surface area contributed by atoms with Crippen molar-refractivity contribution < 1.29 is 5.21 Å². The molecule has 2 atom stereocenters. The van der Waals surface area contributed by atoms with Crippen molar-refractivity contribution in [2.45, 2.75) is 26.2 Å². The maximum Gasteiger partial charge on any atom is 0.147 e. The zero-order chi connectivity index (χ0) is 14.5. The molecule has 0 spiro atoms. The SMILES string of the molecule is CC(C)C1CCN(CC(/C(N)=N/O)c2ccccc2)C1. The molecule has 1 heterocycles. The summed E-state index contributed by atoms with van der Waals surface area (Å²) in [5.41, 5.74) is 7.00. The largest absolute Gasteiger partial charge is 0.409 e. The second-order valence-corrected chi connectivity index (χ2v) is 6.04. The Balaban J connectivity index is 2.07. The Labute approximate surface area is 121 Å². The molecule has 3 N–H and O–H groups in total. The lowest BCUT2D eigenvalue weighted by Crippen LogP contribution is -2.34. The molecule has 4 nitrogen and oxygen atoms in total. The number of nitrogens with zero attached hydrogens (tertiary/aromatic N) is 2. The number of amidine groups is 1. The van der Waals surface area contributed by atoms with Crippen molar-refractivity contribution in [2.75, 3.05) is 19.6 Å². The molecule has 110 valence electrons. The maximum absolute atomic E-state index is 9.03. The van der Waals surface area contributed by atoms with Gasteiger partial charge in [-0.25, -0.2) is 0 Å². The summed E-state index contributed by atoms with van der Waals surface area (Å²) < 4.78 is 0. The van der Waals surface area contributed by atoms with E-state index < -0.39 is 0 Å². The van der Waals surface area contributed by atoms with Gasteiger partial charge in [-0.15, -0.1) is 0 Å². The van der Waals surface area contributed by atoms with Crippen LogP contribution in [0.15, 0.2) is 35.5 Å². The summed E-state index contributed by atoms with van der Waals surface area (Å²) in [7, 11) is 0. The van der Waals surface area contributed by atoms with Crippen LogP contribution in [0, 0.1) is 11.8 Å². The second kappa shape index (κ2) is 6.75. The molecule has 1 fully saturated rings. The van der Waals surface area contributed by atoms with Crippen LogP contribution in [0.1, 0.15) is 31.7 Å². The van der Waals surface area contributed by atoms with E-state index in [4.69, 9.17) is 10.9 Å². The summed E-state index contributed by atoms with van der Waals surface area (Å²) in [6, 6.07) is 10.1. The van der Waals surface area contributed by atoms with Gasteiger partial charge in [0.2, 0.25) is 0 Å². The molecule has 2 unspecified atom stereocenters. The van der Waals surface area contributed by atoms with E-state index in [0.717, 1.165) is 37.0 Å². The third-order valence-electron chi connectivity index (χ3n) is 4.37. The molecule has 0 amide bonds. The molecule has 1 aromatic carbocycles. The van der Waals surface area contributed by atoms with E-state index in [2.05, 4.69) is 23.9 Å². The number of nitrogens with two attached hydrogens (primary N) is 1. The van der Waals surface area contributed by atoms with Crippen molar-refractivity contribution in [3.63, 3.8) is 0 Å². The smallest absolute Gasteiger partial charge is 0.147 e. The normalized spacial score (nSPS) is 22.4. The molecule has 1 aliphatic heterocycles. The van der Waals surface area contributed by atoms with Gasteiger partial charge in [-0.1, -0.05) is 49.3 Å². The first-order chi connectivity index (χ1) is 9.61. The number of oxime groups is 1. The summed E-state index contributed by atoms with van der Waals surface area (Å²) in [6.07, 6.45) is 1.25. The maximum atomic E-state index is 9.03. The second-order valence-electron chi connectivity index (χ2n) is 6.04. The molecule has 0 radical (unpaired) electrons. The molecule has 0 aromatic heterocycles. The van der Waals surface area contributed by atoms with Gasteiger partial charge in [0.05, 0.1) is 5.92 Å². The lowest BCUT2D eigenvalue weighted by molar-refractivity contribution is 0.291. The fourth-order valence-corrected chi connectivity index (χ4v) is 2.96. The lowest BCUT2D eigenvalue weighted by Gasteiger charge is -2.24. The van der Waals surface area contributed by atoms with Gasteiger partial charge in [0, 0.05) is 13.1 Å². The van der Waals surface area contributed by atoms with Crippen molar-refractivity contribution >= 4 is 5.84 Å². The van der Waals surface area contributed by atoms with E-state index in [1.807, 2.05) is 30.3 Å². The van der Waals surface area contributed by atoms with Crippen LogP contribution in [0.5, 0.6) is 0 Å². The van der Waals surface area contributed by atoms with E-state index in [0.29, 0.717) is 5.84 Å². The Morgan fingerprint density at radius 2 is 2.10 bits per heavy atom. The molecule has 1 saturated heterocycles. The Morgan fingerprint density at radius 1 is 1.40 bits per heavy atom. The number of likely N-dealkylation sites (tertiary alicyclic amines) is 1. The summed E-state index contributed by atoms with van der Waals surface area (Å²) in [4.78, 5) is 2.43. The molecular weight excluding hydrogens is 250 g/mol. The molecule has 2 rings (SSSR count). The van der Waals surface area contributed by atoms with Gasteiger partial charge in [-0.2, -0.15) is 0 Å². The van der Waals surface area contributed by atoms with Crippen molar-refractivity contribution in [3.8, 4) is 0 Å². The van der Waals surface area contributed by atoms with Gasteiger partial charge in [0.25, 0.3) is 0 Å². The highest BCUT2D eigenvalue weighted by Crippen LogP contribution is 2.26. The Kier molecular flexibility index (Phi) is 5.01. The van der Waals surface area contributed by atoms with E-state index in [1.165, 1.54) is 6.42 Å². The summed E-state index contributed by atoms with van der Waals surface area (Å²) in [5, 5.41) is 12.3. The Bertz CT molecular complexity index is 444. The molecule has 4 heteroatoms. The zero-order valence-electron chi connectivity index (χ0n) is 12.4.